The number of carbonyl (C=O) groups excluding carboxylic acids is 1. The van der Waals surface area contributed by atoms with Crippen LogP contribution in [0.25, 0.3) is 16.7 Å². The number of aromatic nitrogens is 3. The number of methoxy groups -OCH3 is 2. The summed E-state index contributed by atoms with van der Waals surface area (Å²) in [5.74, 6) is 1.01. The van der Waals surface area contributed by atoms with Gasteiger partial charge in [-0.1, -0.05) is 29.3 Å². The molecule has 0 unspecified atom stereocenters. The fraction of sp³-hybridized carbons (Fsp3) is 0.269. The number of hydrogen-bond acceptors (Lipinski definition) is 5. The summed E-state index contributed by atoms with van der Waals surface area (Å²) in [6.07, 6.45) is 2.14. The van der Waals surface area contributed by atoms with Gasteiger partial charge in [0.15, 0.2) is 5.65 Å². The van der Waals surface area contributed by atoms with Gasteiger partial charge in [0.1, 0.15) is 11.5 Å². The van der Waals surface area contributed by atoms with Gasteiger partial charge in [-0.3, -0.25) is 4.79 Å². The predicted octanol–water partition coefficient (Wildman–Crippen LogP) is 5.84. The number of fused-ring (bicyclic) bond motifs is 1. The lowest BCUT2D eigenvalue weighted by Crippen LogP contribution is -2.14. The number of carbonyl (C=O) groups is 1. The van der Waals surface area contributed by atoms with Gasteiger partial charge in [-0.15, -0.1) is 0 Å². The molecule has 0 aliphatic heterocycles. The molecule has 1 amide bonds. The average Bonchev–Trinajstić information content (AvgIpc) is 3.63. The largest absolute Gasteiger partial charge is 0.495 e. The Morgan fingerprint density at radius 2 is 1.76 bits per heavy atom. The molecule has 0 saturated heterocycles. The third-order valence-electron chi connectivity index (χ3n) is 6.07. The van der Waals surface area contributed by atoms with E-state index < -0.39 is 0 Å². The minimum Gasteiger partial charge on any atom is -0.495 e. The number of hydrogen-bond donors (Lipinski definition) is 1. The molecule has 34 heavy (non-hydrogen) atoms. The molecule has 2 aromatic carbocycles. The second kappa shape index (κ2) is 8.65. The molecule has 4 aromatic rings. The van der Waals surface area contributed by atoms with Crippen molar-refractivity contribution in [1.29, 1.82) is 0 Å². The maximum Gasteiger partial charge on any atom is 0.256 e. The molecule has 1 aliphatic carbocycles. The molecule has 0 atom stereocenters. The standard InChI is InChI=1S/C26H25ClN4O3/c1-14-5-9-17(10-6-14)31-25-24(15(2)30-31)18(11-20(28-25)16-7-8-16)26(32)29-21-12-19(27)22(33-3)13-23(21)34-4/h5-6,9-13,16H,7-8H2,1-4H3,(H,29,32). The van der Waals surface area contributed by atoms with E-state index in [4.69, 9.17) is 31.2 Å². The van der Waals surface area contributed by atoms with Crippen molar-refractivity contribution in [3.63, 3.8) is 0 Å². The Hall–Kier alpha value is -3.58. The van der Waals surface area contributed by atoms with Gasteiger partial charge in [-0.2, -0.15) is 5.10 Å². The third-order valence-corrected chi connectivity index (χ3v) is 6.37. The van der Waals surface area contributed by atoms with Crippen LogP contribution in [0.2, 0.25) is 5.02 Å². The number of ether oxygens (including phenoxy) is 2. The lowest BCUT2D eigenvalue weighted by atomic mass is 10.1. The fourth-order valence-electron chi connectivity index (χ4n) is 4.09. The first-order chi connectivity index (χ1) is 16.4. The summed E-state index contributed by atoms with van der Waals surface area (Å²) in [6.45, 7) is 3.94. The number of amides is 1. The van der Waals surface area contributed by atoms with Crippen molar-refractivity contribution in [3.05, 3.63) is 70.0 Å². The minimum absolute atomic E-state index is 0.277. The Kier molecular flexibility index (Phi) is 5.65. The zero-order chi connectivity index (χ0) is 24.0. The molecule has 1 N–H and O–H groups in total. The molecule has 174 valence electrons. The second-order valence-electron chi connectivity index (χ2n) is 8.54. The van der Waals surface area contributed by atoms with E-state index in [1.54, 1.807) is 12.1 Å². The number of rotatable bonds is 6. The van der Waals surface area contributed by atoms with Gasteiger partial charge in [-0.25, -0.2) is 9.67 Å². The van der Waals surface area contributed by atoms with Crippen molar-refractivity contribution in [2.75, 3.05) is 19.5 Å². The molecule has 2 aromatic heterocycles. The van der Waals surface area contributed by atoms with E-state index in [1.165, 1.54) is 14.2 Å². The van der Waals surface area contributed by atoms with Crippen LogP contribution in [0.5, 0.6) is 11.5 Å². The van der Waals surface area contributed by atoms with E-state index in [9.17, 15) is 4.79 Å². The molecule has 2 heterocycles. The number of nitrogens with zero attached hydrogens (tertiary/aromatic N) is 3. The molecular weight excluding hydrogens is 452 g/mol. The number of nitrogens with one attached hydrogen (secondary N) is 1. The van der Waals surface area contributed by atoms with Gasteiger partial charge >= 0.3 is 0 Å². The number of anilines is 1. The zero-order valence-corrected chi connectivity index (χ0v) is 20.2. The highest BCUT2D eigenvalue weighted by molar-refractivity contribution is 6.32. The summed E-state index contributed by atoms with van der Waals surface area (Å²) in [7, 11) is 3.06. The normalized spacial score (nSPS) is 13.2. The molecular formula is C26H25ClN4O3. The van der Waals surface area contributed by atoms with Crippen LogP contribution in [0.15, 0.2) is 42.5 Å². The lowest BCUT2D eigenvalue weighted by Gasteiger charge is -2.14. The van der Waals surface area contributed by atoms with Crippen LogP contribution in [-0.4, -0.2) is 34.9 Å². The van der Waals surface area contributed by atoms with Crippen LogP contribution in [-0.2, 0) is 0 Å². The molecule has 5 rings (SSSR count). The SMILES string of the molecule is COc1cc(OC)c(NC(=O)c2cc(C3CC3)nc3c2c(C)nn3-c2ccc(C)cc2)cc1Cl. The van der Waals surface area contributed by atoms with Crippen LogP contribution in [0.4, 0.5) is 5.69 Å². The maximum absolute atomic E-state index is 13.6. The van der Waals surface area contributed by atoms with Crippen molar-refractivity contribution in [2.24, 2.45) is 0 Å². The van der Waals surface area contributed by atoms with E-state index in [0.29, 0.717) is 39.3 Å². The number of aryl methyl sites for hydroxylation is 2. The van der Waals surface area contributed by atoms with Crippen LogP contribution in [0.3, 0.4) is 0 Å². The summed E-state index contributed by atoms with van der Waals surface area (Å²) in [5.41, 5.74) is 5.36. The van der Waals surface area contributed by atoms with E-state index in [-0.39, 0.29) is 5.91 Å². The molecule has 0 bridgehead atoms. The van der Waals surface area contributed by atoms with Gasteiger partial charge in [0.05, 0.1) is 47.3 Å². The highest BCUT2D eigenvalue weighted by Gasteiger charge is 2.29. The van der Waals surface area contributed by atoms with Gasteiger partial charge in [0, 0.05) is 17.7 Å². The zero-order valence-electron chi connectivity index (χ0n) is 19.5. The van der Waals surface area contributed by atoms with Crippen molar-refractivity contribution in [2.45, 2.75) is 32.6 Å². The summed E-state index contributed by atoms with van der Waals surface area (Å²) in [6, 6.07) is 13.3. The molecule has 8 heteroatoms. The third kappa shape index (κ3) is 3.96. The Bertz CT molecular complexity index is 1410. The minimum atomic E-state index is -0.277. The fourth-order valence-corrected chi connectivity index (χ4v) is 4.33. The van der Waals surface area contributed by atoms with Crippen LogP contribution in [0, 0.1) is 13.8 Å². The topological polar surface area (TPSA) is 78.3 Å². The quantitative estimate of drug-likeness (QED) is 0.378. The molecule has 1 fully saturated rings. The first kappa shape index (κ1) is 22.2. The van der Waals surface area contributed by atoms with Crippen molar-refractivity contribution in [3.8, 4) is 17.2 Å². The summed E-state index contributed by atoms with van der Waals surface area (Å²) in [5, 5.41) is 8.81. The van der Waals surface area contributed by atoms with Crippen molar-refractivity contribution >= 4 is 34.2 Å². The maximum atomic E-state index is 13.6. The Morgan fingerprint density at radius 1 is 1.06 bits per heavy atom. The Morgan fingerprint density at radius 3 is 2.41 bits per heavy atom. The van der Waals surface area contributed by atoms with E-state index in [0.717, 1.165) is 40.9 Å². The highest BCUT2D eigenvalue weighted by atomic mass is 35.5. The average molecular weight is 477 g/mol. The molecule has 7 nitrogen and oxygen atoms in total. The van der Waals surface area contributed by atoms with Gasteiger partial charge in [0.25, 0.3) is 5.91 Å². The lowest BCUT2D eigenvalue weighted by molar-refractivity contribution is 0.102. The number of benzene rings is 2. The molecule has 0 radical (unpaired) electrons. The van der Waals surface area contributed by atoms with E-state index in [2.05, 4.69) is 5.32 Å². The predicted molar refractivity (Wildman–Crippen MR) is 133 cm³/mol. The first-order valence-corrected chi connectivity index (χ1v) is 11.5. The van der Waals surface area contributed by atoms with Crippen molar-refractivity contribution < 1.29 is 14.3 Å². The van der Waals surface area contributed by atoms with Gasteiger partial charge in [0.2, 0.25) is 0 Å². The summed E-state index contributed by atoms with van der Waals surface area (Å²) in [4.78, 5) is 18.5. The Labute approximate surface area is 202 Å². The smallest absolute Gasteiger partial charge is 0.256 e. The monoisotopic (exact) mass is 476 g/mol. The molecule has 0 spiro atoms. The number of halogens is 1. The second-order valence-corrected chi connectivity index (χ2v) is 8.95. The Balaban J connectivity index is 1.63. The van der Waals surface area contributed by atoms with Crippen molar-refractivity contribution in [1.82, 2.24) is 14.8 Å². The first-order valence-electron chi connectivity index (χ1n) is 11.1. The van der Waals surface area contributed by atoms with Crippen LogP contribution in [0.1, 0.15) is 46.1 Å². The van der Waals surface area contributed by atoms with Gasteiger partial charge in [-0.05, 0) is 51.0 Å². The highest BCUT2D eigenvalue weighted by Crippen LogP contribution is 2.41. The van der Waals surface area contributed by atoms with Crippen LogP contribution >= 0.6 is 11.6 Å². The van der Waals surface area contributed by atoms with E-state index >= 15 is 0 Å². The molecule has 1 aliphatic rings. The number of pyridine rings is 1. The summed E-state index contributed by atoms with van der Waals surface area (Å²) < 4.78 is 12.5. The summed E-state index contributed by atoms with van der Waals surface area (Å²) >= 11 is 6.31. The van der Waals surface area contributed by atoms with Gasteiger partial charge < -0.3 is 14.8 Å². The molecule has 1 saturated carbocycles. The van der Waals surface area contributed by atoms with E-state index in [1.807, 2.05) is 48.9 Å². The van der Waals surface area contributed by atoms with Crippen LogP contribution < -0.4 is 14.8 Å².